The molecule has 4 rings (SSSR count). The van der Waals surface area contributed by atoms with Crippen LogP contribution in [0.15, 0.2) is 64.4 Å². The highest BCUT2D eigenvalue weighted by Gasteiger charge is 2.31. The van der Waals surface area contributed by atoms with Gasteiger partial charge in [-0.1, -0.05) is 18.2 Å². The number of sulfone groups is 1. The van der Waals surface area contributed by atoms with Crippen LogP contribution in [0.1, 0.15) is 36.0 Å². The van der Waals surface area contributed by atoms with Crippen LogP contribution >= 0.6 is 0 Å². The maximum absolute atomic E-state index is 13.0. The largest absolute Gasteiger partial charge is 0.334 e. The minimum absolute atomic E-state index is 0.00496. The lowest BCUT2D eigenvalue weighted by atomic mass is 10.1. The van der Waals surface area contributed by atoms with E-state index >= 15 is 0 Å². The summed E-state index contributed by atoms with van der Waals surface area (Å²) in [6.45, 7) is 3.99. The van der Waals surface area contributed by atoms with Gasteiger partial charge < -0.3 is 9.80 Å². The number of carbonyl (C=O) groups is 1. The van der Waals surface area contributed by atoms with Crippen molar-refractivity contribution in [3.63, 3.8) is 0 Å². The molecule has 0 radical (unpaired) electrons. The summed E-state index contributed by atoms with van der Waals surface area (Å²) in [6, 6.07) is 15.0. The highest BCUT2D eigenvalue weighted by molar-refractivity contribution is 7.91. The zero-order chi connectivity index (χ0) is 19.6. The van der Waals surface area contributed by atoms with Crippen LogP contribution in [0.2, 0.25) is 0 Å². The van der Waals surface area contributed by atoms with Crippen LogP contribution in [0, 0.1) is 0 Å². The molecule has 2 aromatic rings. The molecule has 2 heterocycles. The first-order valence-corrected chi connectivity index (χ1v) is 11.5. The zero-order valence-electron chi connectivity index (χ0n) is 16.0. The number of hydrogen-bond donors (Lipinski definition) is 0. The maximum Gasteiger partial charge on any atom is 0.254 e. The van der Waals surface area contributed by atoms with Gasteiger partial charge in [0.25, 0.3) is 5.91 Å². The van der Waals surface area contributed by atoms with Crippen molar-refractivity contribution >= 4 is 15.7 Å². The van der Waals surface area contributed by atoms with Crippen molar-refractivity contribution in [1.29, 1.82) is 0 Å². The summed E-state index contributed by atoms with van der Waals surface area (Å²) < 4.78 is 25.4. The van der Waals surface area contributed by atoms with Gasteiger partial charge >= 0.3 is 0 Å². The molecule has 0 spiro atoms. The predicted octanol–water partition coefficient (Wildman–Crippen LogP) is 3.22. The van der Waals surface area contributed by atoms with Crippen LogP contribution in [0.5, 0.6) is 0 Å². The Labute approximate surface area is 166 Å². The van der Waals surface area contributed by atoms with Crippen LogP contribution < -0.4 is 0 Å². The Morgan fingerprint density at radius 1 is 0.857 bits per heavy atom. The molecule has 2 saturated heterocycles. The molecule has 0 bridgehead atoms. The normalized spacial score (nSPS) is 20.6. The van der Waals surface area contributed by atoms with Gasteiger partial charge in [0.15, 0.2) is 0 Å². The Kier molecular flexibility index (Phi) is 5.51. The Balaban J connectivity index is 1.49. The third kappa shape index (κ3) is 3.84. The van der Waals surface area contributed by atoms with Crippen molar-refractivity contribution in [2.45, 2.75) is 41.5 Å². The van der Waals surface area contributed by atoms with Crippen molar-refractivity contribution in [1.82, 2.24) is 9.80 Å². The standard InChI is InChI=1S/C22H26N2O3S/c25-22(24-16-6-7-19(24)17-23-14-4-5-15-23)18-10-12-21(13-11-18)28(26,27)20-8-2-1-3-9-20/h1-3,8-13,19H,4-7,14-17H2. The third-order valence-electron chi connectivity index (χ3n) is 5.77. The average molecular weight is 399 g/mol. The van der Waals surface area contributed by atoms with Gasteiger partial charge in [0, 0.05) is 24.7 Å². The fourth-order valence-electron chi connectivity index (χ4n) is 4.23. The van der Waals surface area contributed by atoms with E-state index in [2.05, 4.69) is 4.90 Å². The molecule has 2 aliphatic rings. The smallest absolute Gasteiger partial charge is 0.254 e. The molecule has 0 aromatic heterocycles. The SMILES string of the molecule is O=C(c1ccc(S(=O)(=O)c2ccccc2)cc1)N1CCCC1CN1CCCC1. The molecule has 1 unspecified atom stereocenters. The monoisotopic (exact) mass is 398 g/mol. The van der Waals surface area contributed by atoms with Crippen molar-refractivity contribution < 1.29 is 13.2 Å². The van der Waals surface area contributed by atoms with Crippen molar-refractivity contribution in [2.24, 2.45) is 0 Å². The lowest BCUT2D eigenvalue weighted by Gasteiger charge is -2.28. The van der Waals surface area contributed by atoms with E-state index in [1.165, 1.54) is 12.8 Å². The zero-order valence-corrected chi connectivity index (χ0v) is 16.8. The number of rotatable bonds is 5. The molecule has 6 heteroatoms. The summed E-state index contributed by atoms with van der Waals surface area (Å²) in [6.07, 6.45) is 4.57. The van der Waals surface area contributed by atoms with Crippen molar-refractivity contribution in [3.8, 4) is 0 Å². The molecular weight excluding hydrogens is 372 g/mol. The molecule has 0 aliphatic carbocycles. The number of likely N-dealkylation sites (tertiary alicyclic amines) is 2. The van der Waals surface area contributed by atoms with E-state index in [1.807, 2.05) is 4.90 Å². The van der Waals surface area contributed by atoms with Gasteiger partial charge in [-0.3, -0.25) is 4.79 Å². The Bertz CT molecular complexity index is 920. The topological polar surface area (TPSA) is 57.7 Å². The summed E-state index contributed by atoms with van der Waals surface area (Å²) in [5, 5.41) is 0. The summed E-state index contributed by atoms with van der Waals surface area (Å²) in [5.41, 5.74) is 0.556. The number of nitrogens with zero attached hydrogens (tertiary/aromatic N) is 2. The molecule has 0 N–H and O–H groups in total. The van der Waals surface area contributed by atoms with Crippen LogP contribution in [0.4, 0.5) is 0 Å². The van der Waals surface area contributed by atoms with E-state index in [9.17, 15) is 13.2 Å². The van der Waals surface area contributed by atoms with Crippen LogP contribution in [0.25, 0.3) is 0 Å². The molecule has 1 amide bonds. The van der Waals surface area contributed by atoms with E-state index in [0.717, 1.165) is 39.0 Å². The maximum atomic E-state index is 13.0. The first-order valence-electron chi connectivity index (χ1n) is 9.99. The van der Waals surface area contributed by atoms with Gasteiger partial charge in [0.05, 0.1) is 9.79 Å². The van der Waals surface area contributed by atoms with Crippen LogP contribution in [-0.4, -0.2) is 56.3 Å². The lowest BCUT2D eigenvalue weighted by Crippen LogP contribution is -2.42. The molecule has 1 atom stereocenters. The highest BCUT2D eigenvalue weighted by atomic mass is 32.2. The molecule has 5 nitrogen and oxygen atoms in total. The fraction of sp³-hybridized carbons (Fsp3) is 0.409. The number of hydrogen-bond acceptors (Lipinski definition) is 4. The van der Waals surface area contributed by atoms with E-state index in [1.54, 1.807) is 54.6 Å². The molecular formula is C22H26N2O3S. The van der Waals surface area contributed by atoms with Gasteiger partial charge in [0.1, 0.15) is 0 Å². The van der Waals surface area contributed by atoms with E-state index in [-0.39, 0.29) is 21.7 Å². The second kappa shape index (κ2) is 8.05. The second-order valence-corrected chi connectivity index (χ2v) is 9.59. The predicted molar refractivity (Wildman–Crippen MR) is 108 cm³/mol. The Hall–Kier alpha value is -2.18. The van der Waals surface area contributed by atoms with Crippen molar-refractivity contribution in [2.75, 3.05) is 26.2 Å². The van der Waals surface area contributed by atoms with E-state index in [4.69, 9.17) is 0 Å². The van der Waals surface area contributed by atoms with E-state index in [0.29, 0.717) is 5.56 Å². The third-order valence-corrected chi connectivity index (χ3v) is 7.56. The minimum Gasteiger partial charge on any atom is -0.334 e. The van der Waals surface area contributed by atoms with Gasteiger partial charge in [-0.25, -0.2) is 8.42 Å². The van der Waals surface area contributed by atoms with Crippen LogP contribution in [-0.2, 0) is 9.84 Å². The molecule has 2 aliphatic heterocycles. The summed E-state index contributed by atoms with van der Waals surface area (Å²) in [5.74, 6) is 0.00496. The Morgan fingerprint density at radius 2 is 1.50 bits per heavy atom. The fourth-order valence-corrected chi connectivity index (χ4v) is 5.52. The average Bonchev–Trinajstić information content (AvgIpc) is 3.41. The first kappa shape index (κ1) is 19.2. The van der Waals surface area contributed by atoms with Crippen molar-refractivity contribution in [3.05, 3.63) is 60.2 Å². The summed E-state index contributed by atoms with van der Waals surface area (Å²) >= 11 is 0. The molecule has 28 heavy (non-hydrogen) atoms. The van der Waals surface area contributed by atoms with Gasteiger partial charge in [0.2, 0.25) is 9.84 Å². The summed E-state index contributed by atoms with van der Waals surface area (Å²) in [7, 11) is -3.56. The van der Waals surface area contributed by atoms with Gasteiger partial charge in [-0.05, 0) is 75.2 Å². The van der Waals surface area contributed by atoms with E-state index < -0.39 is 9.84 Å². The Morgan fingerprint density at radius 3 is 2.18 bits per heavy atom. The lowest BCUT2D eigenvalue weighted by molar-refractivity contribution is 0.0708. The number of benzene rings is 2. The quantitative estimate of drug-likeness (QED) is 0.776. The molecule has 148 valence electrons. The minimum atomic E-state index is -3.56. The molecule has 2 aromatic carbocycles. The molecule has 0 saturated carbocycles. The van der Waals surface area contributed by atoms with Gasteiger partial charge in [-0.2, -0.15) is 0 Å². The molecule has 2 fully saturated rings. The number of amides is 1. The van der Waals surface area contributed by atoms with Gasteiger partial charge in [-0.15, -0.1) is 0 Å². The summed E-state index contributed by atoms with van der Waals surface area (Å²) in [4.78, 5) is 17.9. The van der Waals surface area contributed by atoms with Crippen LogP contribution in [0.3, 0.4) is 0 Å². The number of carbonyl (C=O) groups excluding carboxylic acids is 1. The second-order valence-electron chi connectivity index (χ2n) is 7.64. The first-order chi connectivity index (χ1) is 13.6. The highest BCUT2D eigenvalue weighted by Crippen LogP contribution is 2.25.